The minimum Gasteiger partial charge on any atom is -0.463 e. The summed E-state index contributed by atoms with van der Waals surface area (Å²) in [6, 6.07) is 13.4. The molecule has 0 saturated carbocycles. The molecule has 1 heterocycles. The lowest BCUT2D eigenvalue weighted by Crippen LogP contribution is -2.86. The highest BCUT2D eigenvalue weighted by molar-refractivity contribution is 7.99. The average molecular weight is 316 g/mol. The van der Waals surface area contributed by atoms with Crippen molar-refractivity contribution < 1.29 is 14.5 Å². The van der Waals surface area contributed by atoms with Gasteiger partial charge in [0.1, 0.15) is 6.04 Å². The van der Waals surface area contributed by atoms with Gasteiger partial charge in [-0.2, -0.15) is 5.26 Å². The predicted molar refractivity (Wildman–Crippen MR) is 85.3 cm³/mol. The molecule has 1 aromatic carbocycles. The van der Waals surface area contributed by atoms with Crippen LogP contribution in [-0.2, 0) is 4.79 Å². The van der Waals surface area contributed by atoms with E-state index in [9.17, 15) is 4.79 Å². The number of carbonyl (C=O) groups excluding carboxylic acids is 1. The van der Waals surface area contributed by atoms with E-state index in [0.29, 0.717) is 12.3 Å². The number of anilines is 1. The average Bonchev–Trinajstić information content (AvgIpc) is 3.06. The third-order valence-corrected chi connectivity index (χ3v) is 4.04. The maximum Gasteiger partial charge on any atom is 0.279 e. The predicted octanol–water partition coefficient (Wildman–Crippen LogP) is 2.16. The number of thioether (sulfide) groups is 1. The highest BCUT2D eigenvalue weighted by Gasteiger charge is 2.14. The number of quaternary nitrogens is 1. The number of benzene rings is 1. The zero-order chi connectivity index (χ0) is 15.8. The van der Waals surface area contributed by atoms with Crippen molar-refractivity contribution in [2.45, 2.75) is 17.9 Å². The van der Waals surface area contributed by atoms with Crippen LogP contribution in [0.25, 0.3) is 0 Å². The van der Waals surface area contributed by atoms with E-state index in [1.165, 1.54) is 11.8 Å². The number of hydrogen-bond acceptors (Lipinski definition) is 4. The summed E-state index contributed by atoms with van der Waals surface area (Å²) in [5.41, 5.74) is 0.742. The minimum atomic E-state index is -0.0802. The molecular formula is C16H18N3O2S+. The monoisotopic (exact) mass is 316 g/mol. The van der Waals surface area contributed by atoms with Crippen LogP contribution in [-0.4, -0.2) is 18.2 Å². The molecule has 0 aliphatic heterocycles. The van der Waals surface area contributed by atoms with Gasteiger partial charge in [0.15, 0.2) is 12.3 Å². The van der Waals surface area contributed by atoms with Crippen molar-refractivity contribution in [1.29, 1.82) is 5.26 Å². The van der Waals surface area contributed by atoms with Gasteiger partial charge in [-0.3, -0.25) is 4.79 Å². The highest BCUT2D eigenvalue weighted by atomic mass is 32.2. The summed E-state index contributed by atoms with van der Waals surface area (Å²) >= 11 is 1.41. The molecule has 3 N–H and O–H groups in total. The summed E-state index contributed by atoms with van der Waals surface area (Å²) in [6.07, 6.45) is 1.63. The number of hydrogen-bond donors (Lipinski definition) is 2. The van der Waals surface area contributed by atoms with Gasteiger partial charge in [-0.15, -0.1) is 11.8 Å². The van der Waals surface area contributed by atoms with Crippen LogP contribution in [0.4, 0.5) is 5.69 Å². The van der Waals surface area contributed by atoms with Crippen LogP contribution in [0.2, 0.25) is 0 Å². The third-order valence-electron chi connectivity index (χ3n) is 3.10. The molecule has 2 aromatic rings. The molecule has 2 rings (SSSR count). The van der Waals surface area contributed by atoms with Gasteiger partial charge in [0.2, 0.25) is 0 Å². The van der Waals surface area contributed by atoms with Crippen LogP contribution < -0.4 is 10.6 Å². The third kappa shape index (κ3) is 4.65. The van der Waals surface area contributed by atoms with E-state index in [2.05, 4.69) is 11.4 Å². The summed E-state index contributed by atoms with van der Waals surface area (Å²) < 4.78 is 5.31. The Bertz CT molecular complexity index is 650. The number of carbonyl (C=O) groups is 1. The lowest BCUT2D eigenvalue weighted by molar-refractivity contribution is -0.684. The van der Waals surface area contributed by atoms with Crippen LogP contribution in [0.1, 0.15) is 18.7 Å². The fraction of sp³-hybridized carbons (Fsp3) is 0.250. The minimum absolute atomic E-state index is 0.0802. The molecule has 0 spiro atoms. The zero-order valence-electron chi connectivity index (χ0n) is 12.3. The van der Waals surface area contributed by atoms with Gasteiger partial charge in [0.25, 0.3) is 5.91 Å². The van der Waals surface area contributed by atoms with Gasteiger partial charge < -0.3 is 15.1 Å². The number of nitrogens with one attached hydrogen (secondary N) is 1. The summed E-state index contributed by atoms with van der Waals surface area (Å²) in [5.74, 6) is 1.12. The molecule has 1 aromatic heterocycles. The van der Waals surface area contributed by atoms with E-state index >= 15 is 0 Å². The molecule has 0 aliphatic carbocycles. The Morgan fingerprint density at radius 2 is 2.23 bits per heavy atom. The summed E-state index contributed by atoms with van der Waals surface area (Å²) in [5, 5.41) is 13.5. The standard InChI is InChI=1S/C16H17N3O2S/c1-12(14-6-4-9-21-14)18-11-16(20)19-13-5-2-3-7-15(13)22-10-8-17/h2-7,9,12,18H,10-11H2,1H3,(H,19,20)/p+1/t12-/m0/s1. The van der Waals surface area contributed by atoms with Crippen molar-refractivity contribution in [2.24, 2.45) is 0 Å². The number of rotatable bonds is 7. The van der Waals surface area contributed by atoms with Crippen LogP contribution in [0.5, 0.6) is 0 Å². The number of para-hydroxylation sites is 1. The van der Waals surface area contributed by atoms with Gasteiger partial charge in [-0.05, 0) is 31.2 Å². The Morgan fingerprint density at radius 1 is 1.41 bits per heavy atom. The molecule has 1 amide bonds. The molecular weight excluding hydrogens is 298 g/mol. The van der Waals surface area contributed by atoms with Crippen molar-refractivity contribution in [2.75, 3.05) is 17.6 Å². The highest BCUT2D eigenvalue weighted by Crippen LogP contribution is 2.26. The smallest absolute Gasteiger partial charge is 0.279 e. The molecule has 0 saturated heterocycles. The van der Waals surface area contributed by atoms with E-state index in [4.69, 9.17) is 9.68 Å². The molecule has 114 valence electrons. The lowest BCUT2D eigenvalue weighted by Gasteiger charge is -2.11. The van der Waals surface area contributed by atoms with Gasteiger partial charge in [0.05, 0.1) is 23.8 Å². The number of amides is 1. The Labute approximate surface area is 133 Å². The van der Waals surface area contributed by atoms with Gasteiger partial charge in [-0.1, -0.05) is 12.1 Å². The van der Waals surface area contributed by atoms with Crippen molar-refractivity contribution in [1.82, 2.24) is 0 Å². The Kier molecular flexibility index (Phi) is 6.07. The quantitative estimate of drug-likeness (QED) is 0.767. The van der Waals surface area contributed by atoms with Gasteiger partial charge in [-0.25, -0.2) is 0 Å². The molecule has 0 unspecified atom stereocenters. The number of furan rings is 1. The van der Waals surface area contributed by atoms with Crippen LogP contribution in [0, 0.1) is 11.3 Å². The second-order valence-electron chi connectivity index (χ2n) is 4.74. The first-order valence-corrected chi connectivity index (χ1v) is 7.94. The molecule has 6 heteroatoms. The fourth-order valence-corrected chi connectivity index (χ4v) is 2.63. The van der Waals surface area contributed by atoms with Crippen LogP contribution in [0.3, 0.4) is 0 Å². The number of nitrogens with zero attached hydrogens (tertiary/aromatic N) is 1. The molecule has 5 nitrogen and oxygen atoms in total. The second-order valence-corrected chi connectivity index (χ2v) is 5.75. The van der Waals surface area contributed by atoms with Crippen molar-refractivity contribution >= 4 is 23.4 Å². The summed E-state index contributed by atoms with van der Waals surface area (Å²) in [4.78, 5) is 13.0. The number of nitrogens with two attached hydrogens (primary N) is 1. The van der Waals surface area contributed by atoms with E-state index in [0.717, 1.165) is 16.3 Å². The van der Waals surface area contributed by atoms with E-state index < -0.39 is 0 Å². The van der Waals surface area contributed by atoms with E-state index in [-0.39, 0.29) is 11.9 Å². The van der Waals surface area contributed by atoms with Crippen LogP contribution >= 0.6 is 11.8 Å². The molecule has 1 atom stereocenters. The lowest BCUT2D eigenvalue weighted by atomic mass is 10.2. The zero-order valence-corrected chi connectivity index (χ0v) is 13.1. The second kappa shape index (κ2) is 8.27. The maximum atomic E-state index is 12.1. The first-order valence-electron chi connectivity index (χ1n) is 6.96. The van der Waals surface area contributed by atoms with Crippen molar-refractivity contribution in [3.05, 3.63) is 48.4 Å². The Balaban J connectivity index is 1.88. The fourth-order valence-electron chi connectivity index (χ4n) is 1.96. The van der Waals surface area contributed by atoms with Gasteiger partial charge in [0, 0.05) is 4.90 Å². The van der Waals surface area contributed by atoms with E-state index in [1.54, 1.807) is 6.26 Å². The Morgan fingerprint density at radius 3 is 2.95 bits per heavy atom. The molecule has 0 bridgehead atoms. The molecule has 0 aliphatic rings. The largest absolute Gasteiger partial charge is 0.463 e. The first-order chi connectivity index (χ1) is 10.7. The number of nitriles is 1. The SMILES string of the molecule is C[C@H]([NH2+]CC(=O)Nc1ccccc1SCC#N)c1ccco1. The summed E-state index contributed by atoms with van der Waals surface area (Å²) in [6.45, 7) is 2.29. The summed E-state index contributed by atoms with van der Waals surface area (Å²) in [7, 11) is 0. The first kappa shape index (κ1) is 16.1. The van der Waals surface area contributed by atoms with E-state index in [1.807, 2.05) is 48.6 Å². The molecule has 0 fully saturated rings. The Hall–Kier alpha value is -2.23. The van der Waals surface area contributed by atoms with Crippen LogP contribution in [0.15, 0.2) is 52.0 Å². The van der Waals surface area contributed by atoms with Crippen molar-refractivity contribution in [3.63, 3.8) is 0 Å². The normalized spacial score (nSPS) is 11.6. The van der Waals surface area contributed by atoms with Gasteiger partial charge >= 0.3 is 0 Å². The topological polar surface area (TPSA) is 82.6 Å². The van der Waals surface area contributed by atoms with Crippen molar-refractivity contribution in [3.8, 4) is 6.07 Å². The molecule has 22 heavy (non-hydrogen) atoms. The molecule has 0 radical (unpaired) electrons. The maximum absolute atomic E-state index is 12.1.